The van der Waals surface area contributed by atoms with Gasteiger partial charge < -0.3 is 20.8 Å². The fraction of sp³-hybridized carbons (Fsp3) is 0.333. The van der Waals surface area contributed by atoms with Gasteiger partial charge in [-0.1, -0.05) is 11.6 Å². The standard InChI is InChI=1S/C21H22ClN7OS/c1-11-6-16(29-31-11)19-17(13-7-14(22)18-15(8-13)25-10-26-18)28-21(20(23)27-19)24-9-12-2-4-30-5-3-12/h6-8,10,12H,2-5,9H2,1H3,(H2,23,27)(H,24,28)(H,25,26). The van der Waals surface area contributed by atoms with Crippen molar-refractivity contribution in [3.05, 3.63) is 34.4 Å². The number of aryl methyl sites for hydroxylation is 1. The highest BCUT2D eigenvalue weighted by Gasteiger charge is 2.20. The lowest BCUT2D eigenvalue weighted by Crippen LogP contribution is -2.23. The molecule has 3 aromatic heterocycles. The number of halogens is 1. The Balaban J connectivity index is 1.58. The first kappa shape index (κ1) is 20.2. The summed E-state index contributed by atoms with van der Waals surface area (Å²) in [6, 6.07) is 5.80. The number of aromatic amines is 1. The average molecular weight is 456 g/mol. The van der Waals surface area contributed by atoms with E-state index in [9.17, 15) is 0 Å². The highest BCUT2D eigenvalue weighted by molar-refractivity contribution is 7.05. The number of imidazole rings is 1. The van der Waals surface area contributed by atoms with Crippen molar-refractivity contribution < 1.29 is 4.74 Å². The van der Waals surface area contributed by atoms with Crippen LogP contribution in [0.1, 0.15) is 17.7 Å². The molecule has 1 aliphatic heterocycles. The van der Waals surface area contributed by atoms with Crippen molar-refractivity contribution in [3.8, 4) is 22.6 Å². The van der Waals surface area contributed by atoms with E-state index < -0.39 is 0 Å². The molecule has 8 nitrogen and oxygen atoms in total. The van der Waals surface area contributed by atoms with Crippen LogP contribution in [0.4, 0.5) is 11.6 Å². The Bertz CT molecular complexity index is 1230. The van der Waals surface area contributed by atoms with Gasteiger partial charge in [-0.05, 0) is 55.4 Å². The predicted octanol–water partition coefficient (Wildman–Crippen LogP) is 4.53. The molecular weight excluding hydrogens is 434 g/mol. The summed E-state index contributed by atoms with van der Waals surface area (Å²) in [4.78, 5) is 18.1. The van der Waals surface area contributed by atoms with Crippen LogP contribution in [-0.4, -0.2) is 44.1 Å². The summed E-state index contributed by atoms with van der Waals surface area (Å²) in [5, 5.41) is 3.97. The lowest BCUT2D eigenvalue weighted by Gasteiger charge is -2.23. The number of ether oxygens (including phenoxy) is 1. The smallest absolute Gasteiger partial charge is 0.169 e. The Hall–Kier alpha value is -2.75. The molecule has 160 valence electrons. The van der Waals surface area contributed by atoms with Gasteiger partial charge in [-0.3, -0.25) is 0 Å². The summed E-state index contributed by atoms with van der Waals surface area (Å²) in [6.45, 7) is 4.37. The molecule has 31 heavy (non-hydrogen) atoms. The molecule has 1 saturated heterocycles. The molecule has 1 aromatic carbocycles. The van der Waals surface area contributed by atoms with Gasteiger partial charge >= 0.3 is 0 Å². The number of H-pyrrole nitrogens is 1. The molecule has 4 heterocycles. The van der Waals surface area contributed by atoms with Gasteiger partial charge in [0.2, 0.25) is 0 Å². The Kier molecular flexibility index (Phi) is 5.47. The summed E-state index contributed by atoms with van der Waals surface area (Å²) < 4.78 is 9.98. The van der Waals surface area contributed by atoms with Gasteiger partial charge in [0, 0.05) is 30.2 Å². The molecule has 0 radical (unpaired) electrons. The molecule has 0 atom stereocenters. The van der Waals surface area contributed by atoms with E-state index >= 15 is 0 Å². The van der Waals surface area contributed by atoms with E-state index in [-0.39, 0.29) is 0 Å². The van der Waals surface area contributed by atoms with Crippen molar-refractivity contribution in [1.82, 2.24) is 24.3 Å². The first-order valence-corrected chi connectivity index (χ1v) is 11.3. The van der Waals surface area contributed by atoms with Gasteiger partial charge in [0.1, 0.15) is 17.1 Å². The number of fused-ring (bicyclic) bond motifs is 1. The minimum atomic E-state index is 0.350. The number of hydrogen-bond acceptors (Lipinski definition) is 8. The largest absolute Gasteiger partial charge is 0.381 e. The van der Waals surface area contributed by atoms with E-state index in [1.165, 1.54) is 11.5 Å². The molecule has 0 aliphatic carbocycles. The van der Waals surface area contributed by atoms with Crippen LogP contribution in [0.5, 0.6) is 0 Å². The minimum absolute atomic E-state index is 0.350. The molecule has 0 bridgehead atoms. The lowest BCUT2D eigenvalue weighted by atomic mass is 10.0. The predicted molar refractivity (Wildman–Crippen MR) is 124 cm³/mol. The zero-order chi connectivity index (χ0) is 21.4. The maximum atomic E-state index is 6.50. The molecule has 1 aliphatic rings. The highest BCUT2D eigenvalue weighted by Crippen LogP contribution is 2.36. The molecule has 0 spiro atoms. The van der Waals surface area contributed by atoms with Crippen LogP contribution in [-0.2, 0) is 4.74 Å². The first-order chi connectivity index (χ1) is 15.1. The third kappa shape index (κ3) is 4.08. The molecule has 4 aromatic rings. The van der Waals surface area contributed by atoms with Gasteiger partial charge in [-0.25, -0.2) is 15.0 Å². The number of nitrogens with two attached hydrogens (primary N) is 1. The van der Waals surface area contributed by atoms with Crippen molar-refractivity contribution >= 4 is 45.8 Å². The zero-order valence-electron chi connectivity index (χ0n) is 17.0. The van der Waals surface area contributed by atoms with Gasteiger partial charge in [0.25, 0.3) is 0 Å². The molecular formula is C21H22ClN7OS. The summed E-state index contributed by atoms with van der Waals surface area (Å²) in [6.07, 6.45) is 3.67. The summed E-state index contributed by atoms with van der Waals surface area (Å²) in [5.41, 5.74) is 10.7. The van der Waals surface area contributed by atoms with Gasteiger partial charge in [0.15, 0.2) is 11.6 Å². The quantitative estimate of drug-likeness (QED) is 0.405. The van der Waals surface area contributed by atoms with E-state index in [4.69, 9.17) is 32.0 Å². The van der Waals surface area contributed by atoms with E-state index in [1.807, 2.05) is 25.1 Å². The second kappa shape index (κ2) is 8.41. The Morgan fingerprint density at radius 1 is 1.23 bits per heavy atom. The van der Waals surface area contributed by atoms with Gasteiger partial charge in [-0.2, -0.15) is 4.37 Å². The van der Waals surface area contributed by atoms with Crippen molar-refractivity contribution in [2.24, 2.45) is 5.92 Å². The number of benzene rings is 1. The third-order valence-electron chi connectivity index (χ3n) is 5.45. The zero-order valence-corrected chi connectivity index (χ0v) is 18.6. The Morgan fingerprint density at radius 3 is 2.84 bits per heavy atom. The average Bonchev–Trinajstić information content (AvgIpc) is 3.42. The second-order valence-corrected chi connectivity index (χ2v) is 9.09. The molecule has 0 saturated carbocycles. The number of nitrogen functional groups attached to an aromatic ring is 1. The van der Waals surface area contributed by atoms with Crippen molar-refractivity contribution in [1.29, 1.82) is 0 Å². The molecule has 5 rings (SSSR count). The summed E-state index contributed by atoms with van der Waals surface area (Å²) >= 11 is 7.92. The van der Waals surface area contributed by atoms with Crippen LogP contribution in [0.15, 0.2) is 24.5 Å². The molecule has 4 N–H and O–H groups in total. The van der Waals surface area contributed by atoms with Crippen LogP contribution < -0.4 is 11.1 Å². The molecule has 10 heteroatoms. The molecule has 0 amide bonds. The lowest BCUT2D eigenvalue weighted by molar-refractivity contribution is 0.0699. The van der Waals surface area contributed by atoms with Crippen LogP contribution >= 0.6 is 23.1 Å². The number of aromatic nitrogens is 5. The normalized spacial score (nSPS) is 14.9. The van der Waals surface area contributed by atoms with Crippen molar-refractivity contribution in [3.63, 3.8) is 0 Å². The fourth-order valence-corrected chi connectivity index (χ4v) is 4.58. The highest BCUT2D eigenvalue weighted by atomic mass is 35.5. The number of nitrogens with one attached hydrogen (secondary N) is 2. The Morgan fingerprint density at radius 2 is 2.06 bits per heavy atom. The van der Waals surface area contributed by atoms with Crippen LogP contribution in [0.25, 0.3) is 33.7 Å². The maximum absolute atomic E-state index is 6.50. The topological polar surface area (TPSA) is 115 Å². The summed E-state index contributed by atoms with van der Waals surface area (Å²) in [7, 11) is 0. The van der Waals surface area contributed by atoms with E-state index in [1.54, 1.807) is 6.33 Å². The Labute approximate surface area is 188 Å². The maximum Gasteiger partial charge on any atom is 0.169 e. The number of rotatable bonds is 5. The molecule has 0 unspecified atom stereocenters. The minimum Gasteiger partial charge on any atom is -0.381 e. The first-order valence-electron chi connectivity index (χ1n) is 10.1. The van der Waals surface area contributed by atoms with Crippen molar-refractivity contribution in [2.75, 3.05) is 30.8 Å². The summed E-state index contributed by atoms with van der Waals surface area (Å²) in [5.74, 6) is 1.44. The van der Waals surface area contributed by atoms with Crippen LogP contribution in [0.3, 0.4) is 0 Å². The van der Waals surface area contributed by atoms with Gasteiger partial charge in [-0.15, -0.1) is 0 Å². The number of anilines is 2. The fourth-order valence-electron chi connectivity index (χ4n) is 3.77. The van der Waals surface area contributed by atoms with E-state index in [2.05, 4.69) is 19.7 Å². The van der Waals surface area contributed by atoms with Crippen LogP contribution in [0.2, 0.25) is 5.02 Å². The van der Waals surface area contributed by atoms with Crippen molar-refractivity contribution in [2.45, 2.75) is 19.8 Å². The third-order valence-corrected chi connectivity index (χ3v) is 6.44. The van der Waals surface area contributed by atoms with Crippen LogP contribution in [0, 0.1) is 12.8 Å². The van der Waals surface area contributed by atoms with Gasteiger partial charge in [0.05, 0.1) is 22.4 Å². The SMILES string of the molecule is Cc1cc(-c2nc(N)c(NCC3CCOCC3)nc2-c2cc(Cl)c3[nH]cnc3c2)ns1. The second-order valence-electron chi connectivity index (χ2n) is 7.67. The number of nitrogens with zero attached hydrogens (tertiary/aromatic N) is 4. The monoisotopic (exact) mass is 455 g/mol. The molecule has 1 fully saturated rings. The number of hydrogen-bond donors (Lipinski definition) is 3. The van der Waals surface area contributed by atoms with E-state index in [0.29, 0.717) is 34.0 Å². The van der Waals surface area contributed by atoms with E-state index in [0.717, 1.165) is 59.8 Å².